The number of halogens is 1. The Bertz CT molecular complexity index is 462. The lowest BCUT2D eigenvalue weighted by molar-refractivity contribution is -0.384. The van der Waals surface area contributed by atoms with Crippen LogP contribution in [0.2, 0.25) is 0 Å². The Morgan fingerprint density at radius 1 is 1.47 bits per heavy atom. The van der Waals surface area contributed by atoms with Crippen molar-refractivity contribution in [1.82, 2.24) is 4.98 Å². The molecule has 1 heterocycles. The van der Waals surface area contributed by atoms with Crippen molar-refractivity contribution in [2.75, 3.05) is 11.9 Å². The van der Waals surface area contributed by atoms with Gasteiger partial charge in [-0.05, 0) is 47.5 Å². The Labute approximate surface area is 119 Å². The van der Waals surface area contributed by atoms with E-state index >= 15 is 0 Å². The fourth-order valence-electron chi connectivity index (χ4n) is 2.29. The van der Waals surface area contributed by atoms with Crippen LogP contribution in [0.4, 0.5) is 11.5 Å². The monoisotopic (exact) mass is 329 g/mol. The second-order valence-electron chi connectivity index (χ2n) is 4.83. The predicted octanol–water partition coefficient (Wildman–Crippen LogP) is 2.72. The molecule has 0 atom stereocenters. The average molecular weight is 330 g/mol. The third-order valence-corrected chi connectivity index (χ3v) is 3.84. The van der Waals surface area contributed by atoms with E-state index in [-0.39, 0.29) is 11.8 Å². The van der Waals surface area contributed by atoms with Crippen molar-refractivity contribution in [3.05, 3.63) is 26.9 Å². The van der Waals surface area contributed by atoms with Crippen molar-refractivity contribution in [2.45, 2.75) is 31.8 Å². The number of aliphatic hydroxyl groups excluding tert-OH is 1. The molecule has 0 unspecified atom stereocenters. The Kier molecular flexibility index (Phi) is 4.71. The molecule has 1 aliphatic carbocycles. The summed E-state index contributed by atoms with van der Waals surface area (Å²) in [7, 11) is 0. The Balaban J connectivity index is 1.97. The molecule has 7 heteroatoms. The zero-order valence-corrected chi connectivity index (χ0v) is 12.0. The minimum absolute atomic E-state index is 0.0229. The molecule has 1 saturated carbocycles. The summed E-state index contributed by atoms with van der Waals surface area (Å²) in [4.78, 5) is 14.5. The van der Waals surface area contributed by atoms with Gasteiger partial charge in [-0.1, -0.05) is 0 Å². The molecule has 2 N–H and O–H groups in total. The number of nitrogens with zero attached hydrogens (tertiary/aromatic N) is 2. The van der Waals surface area contributed by atoms with E-state index in [1.807, 2.05) is 0 Å². The molecular weight excluding hydrogens is 314 g/mol. The molecule has 1 fully saturated rings. The van der Waals surface area contributed by atoms with Crippen LogP contribution in [0.5, 0.6) is 0 Å². The Hall–Kier alpha value is -1.21. The van der Waals surface area contributed by atoms with E-state index in [4.69, 9.17) is 0 Å². The van der Waals surface area contributed by atoms with Gasteiger partial charge in [-0.25, -0.2) is 4.98 Å². The van der Waals surface area contributed by atoms with Crippen LogP contribution in [0, 0.1) is 16.0 Å². The molecule has 2 rings (SSSR count). The van der Waals surface area contributed by atoms with Crippen LogP contribution in [0.1, 0.15) is 25.7 Å². The largest absolute Gasteiger partial charge is 0.393 e. The van der Waals surface area contributed by atoms with Gasteiger partial charge in [-0.2, -0.15) is 0 Å². The maximum atomic E-state index is 10.9. The van der Waals surface area contributed by atoms with Crippen LogP contribution >= 0.6 is 15.9 Å². The minimum Gasteiger partial charge on any atom is -0.393 e. The summed E-state index contributed by atoms with van der Waals surface area (Å²) in [5.74, 6) is 0.743. The van der Waals surface area contributed by atoms with Gasteiger partial charge in [0.05, 0.1) is 11.0 Å². The number of anilines is 1. The van der Waals surface area contributed by atoms with Gasteiger partial charge in [-0.15, -0.1) is 0 Å². The predicted molar refractivity (Wildman–Crippen MR) is 75.0 cm³/mol. The SMILES string of the molecule is O=[N+]([O-])c1cc(Br)cnc1NCC1CCC(O)CC1. The normalized spacial score (nSPS) is 23.1. The van der Waals surface area contributed by atoms with E-state index in [1.165, 1.54) is 6.07 Å². The highest BCUT2D eigenvalue weighted by molar-refractivity contribution is 9.10. The number of hydrogen-bond donors (Lipinski definition) is 2. The highest BCUT2D eigenvalue weighted by Crippen LogP contribution is 2.28. The van der Waals surface area contributed by atoms with Gasteiger partial charge in [0, 0.05) is 23.3 Å². The number of nitro groups is 1. The van der Waals surface area contributed by atoms with Crippen LogP contribution in [-0.4, -0.2) is 27.7 Å². The summed E-state index contributed by atoms with van der Waals surface area (Å²) in [6.07, 6.45) is 4.86. The van der Waals surface area contributed by atoms with Crippen LogP contribution in [0.3, 0.4) is 0 Å². The highest BCUT2D eigenvalue weighted by atomic mass is 79.9. The lowest BCUT2D eigenvalue weighted by Gasteiger charge is -2.25. The summed E-state index contributed by atoms with van der Waals surface area (Å²) >= 11 is 3.18. The van der Waals surface area contributed by atoms with E-state index in [1.54, 1.807) is 6.20 Å². The zero-order valence-electron chi connectivity index (χ0n) is 10.4. The number of aliphatic hydroxyl groups is 1. The second kappa shape index (κ2) is 6.29. The van der Waals surface area contributed by atoms with Gasteiger partial charge in [0.2, 0.25) is 5.82 Å². The van der Waals surface area contributed by atoms with Crippen LogP contribution in [0.15, 0.2) is 16.7 Å². The summed E-state index contributed by atoms with van der Waals surface area (Å²) in [5, 5.41) is 23.4. The number of aromatic nitrogens is 1. The molecule has 0 aromatic carbocycles. The van der Waals surface area contributed by atoms with Crippen molar-refractivity contribution in [2.24, 2.45) is 5.92 Å². The number of nitrogens with one attached hydrogen (secondary N) is 1. The third-order valence-electron chi connectivity index (χ3n) is 3.41. The summed E-state index contributed by atoms with van der Waals surface area (Å²) in [6.45, 7) is 0.655. The number of rotatable bonds is 4. The van der Waals surface area contributed by atoms with Gasteiger partial charge in [-0.3, -0.25) is 10.1 Å². The maximum Gasteiger partial charge on any atom is 0.312 e. The van der Waals surface area contributed by atoms with Crippen molar-refractivity contribution < 1.29 is 10.0 Å². The molecule has 0 radical (unpaired) electrons. The molecule has 104 valence electrons. The summed E-state index contributed by atoms with van der Waals surface area (Å²) in [6, 6.07) is 1.44. The topological polar surface area (TPSA) is 88.3 Å². The molecule has 19 heavy (non-hydrogen) atoms. The fraction of sp³-hybridized carbons (Fsp3) is 0.583. The van der Waals surface area contributed by atoms with Gasteiger partial charge in [0.15, 0.2) is 0 Å². The lowest BCUT2D eigenvalue weighted by atomic mass is 9.87. The second-order valence-corrected chi connectivity index (χ2v) is 5.75. The first kappa shape index (κ1) is 14.2. The molecule has 0 bridgehead atoms. The van der Waals surface area contributed by atoms with E-state index in [2.05, 4.69) is 26.2 Å². The Morgan fingerprint density at radius 3 is 2.79 bits per heavy atom. The van der Waals surface area contributed by atoms with Crippen LogP contribution in [0.25, 0.3) is 0 Å². The van der Waals surface area contributed by atoms with Crippen molar-refractivity contribution >= 4 is 27.4 Å². The molecule has 1 aliphatic rings. The third kappa shape index (κ3) is 3.87. The highest BCUT2D eigenvalue weighted by Gasteiger charge is 2.21. The maximum absolute atomic E-state index is 10.9. The zero-order chi connectivity index (χ0) is 13.8. The summed E-state index contributed by atoms with van der Waals surface area (Å²) < 4.78 is 0.588. The van der Waals surface area contributed by atoms with Gasteiger partial charge >= 0.3 is 5.69 Å². The molecule has 1 aromatic heterocycles. The van der Waals surface area contributed by atoms with Crippen molar-refractivity contribution in [3.8, 4) is 0 Å². The van der Waals surface area contributed by atoms with Crippen LogP contribution < -0.4 is 5.32 Å². The van der Waals surface area contributed by atoms with Gasteiger partial charge in [0.25, 0.3) is 0 Å². The minimum atomic E-state index is -0.440. The first-order valence-corrected chi connectivity index (χ1v) is 7.07. The van der Waals surface area contributed by atoms with E-state index < -0.39 is 4.92 Å². The van der Waals surface area contributed by atoms with E-state index in [0.717, 1.165) is 25.7 Å². The number of pyridine rings is 1. The Morgan fingerprint density at radius 2 is 2.16 bits per heavy atom. The average Bonchev–Trinajstić information content (AvgIpc) is 2.39. The number of hydrogen-bond acceptors (Lipinski definition) is 5. The van der Waals surface area contributed by atoms with Crippen molar-refractivity contribution in [3.63, 3.8) is 0 Å². The molecule has 0 aliphatic heterocycles. The summed E-state index contributed by atoms with van der Waals surface area (Å²) in [5.41, 5.74) is -0.0229. The molecule has 1 aromatic rings. The molecule has 0 amide bonds. The molecule has 6 nitrogen and oxygen atoms in total. The van der Waals surface area contributed by atoms with Gasteiger partial charge in [0.1, 0.15) is 0 Å². The van der Waals surface area contributed by atoms with Crippen LogP contribution in [-0.2, 0) is 0 Å². The van der Waals surface area contributed by atoms with Gasteiger partial charge < -0.3 is 10.4 Å². The molecule has 0 saturated heterocycles. The molecular formula is C12H16BrN3O3. The molecule has 0 spiro atoms. The quantitative estimate of drug-likeness (QED) is 0.655. The lowest BCUT2D eigenvalue weighted by Crippen LogP contribution is -2.24. The van der Waals surface area contributed by atoms with Crippen molar-refractivity contribution in [1.29, 1.82) is 0 Å². The first-order chi connectivity index (χ1) is 9.06. The smallest absolute Gasteiger partial charge is 0.312 e. The van der Waals surface area contributed by atoms with E-state index in [9.17, 15) is 15.2 Å². The standard InChI is InChI=1S/C12H16BrN3O3/c13-9-5-11(16(18)19)12(15-7-9)14-6-8-1-3-10(17)4-2-8/h5,7-8,10,17H,1-4,6H2,(H,14,15). The first-order valence-electron chi connectivity index (χ1n) is 6.28. The van der Waals surface area contributed by atoms with E-state index in [0.29, 0.717) is 22.8 Å². The fourth-order valence-corrected chi connectivity index (χ4v) is 2.61.